The lowest BCUT2D eigenvalue weighted by molar-refractivity contribution is -0.138. The van der Waals surface area contributed by atoms with Crippen molar-refractivity contribution in [1.82, 2.24) is 14.8 Å². The standard InChI is InChI=1S/C22H28F3N3O/c1-14(2)7-11-20-26-27-21(28(20)17-8-9-17)12-10-18(29)13-16-5-4-6-19(15(16)3)22(23,24)25/h4-6,14,17H,7-13H2,1-3H3. The molecule has 1 heterocycles. The van der Waals surface area contributed by atoms with Gasteiger partial charge in [0.05, 0.1) is 5.56 Å². The number of Topliss-reactive ketones (excluding diaryl/α,β-unsaturated/α-hetero) is 1. The highest BCUT2D eigenvalue weighted by Gasteiger charge is 2.33. The van der Waals surface area contributed by atoms with Crippen LogP contribution in [-0.4, -0.2) is 20.5 Å². The van der Waals surface area contributed by atoms with E-state index in [1.54, 1.807) is 6.07 Å². The van der Waals surface area contributed by atoms with Crippen molar-refractivity contribution in [3.05, 3.63) is 46.5 Å². The second-order valence-corrected chi connectivity index (χ2v) is 8.37. The summed E-state index contributed by atoms with van der Waals surface area (Å²) in [4.78, 5) is 12.5. The quantitative estimate of drug-likeness (QED) is 0.569. The molecule has 0 amide bonds. The summed E-state index contributed by atoms with van der Waals surface area (Å²) in [5.74, 6) is 2.30. The first-order valence-electron chi connectivity index (χ1n) is 10.3. The van der Waals surface area contributed by atoms with Crippen LogP contribution in [0.5, 0.6) is 0 Å². The van der Waals surface area contributed by atoms with E-state index in [0.717, 1.165) is 43.4 Å². The lowest BCUT2D eigenvalue weighted by Crippen LogP contribution is -2.13. The Morgan fingerprint density at radius 1 is 1.17 bits per heavy atom. The molecule has 158 valence electrons. The van der Waals surface area contributed by atoms with Gasteiger partial charge in [0.25, 0.3) is 0 Å². The van der Waals surface area contributed by atoms with Crippen molar-refractivity contribution in [3.8, 4) is 0 Å². The minimum absolute atomic E-state index is 0.00747. The number of hydrogen-bond acceptors (Lipinski definition) is 3. The largest absolute Gasteiger partial charge is 0.416 e. The molecule has 0 atom stereocenters. The summed E-state index contributed by atoms with van der Waals surface area (Å²) in [5, 5.41) is 8.65. The lowest BCUT2D eigenvalue weighted by Gasteiger charge is -2.13. The average Bonchev–Trinajstić information content (AvgIpc) is 3.39. The van der Waals surface area contributed by atoms with Crippen LogP contribution < -0.4 is 0 Å². The molecule has 0 radical (unpaired) electrons. The first-order chi connectivity index (χ1) is 13.7. The van der Waals surface area contributed by atoms with E-state index in [9.17, 15) is 18.0 Å². The Balaban J connectivity index is 1.65. The third kappa shape index (κ3) is 5.46. The van der Waals surface area contributed by atoms with Gasteiger partial charge < -0.3 is 4.57 Å². The zero-order valence-corrected chi connectivity index (χ0v) is 17.2. The van der Waals surface area contributed by atoms with Crippen molar-refractivity contribution in [2.24, 2.45) is 5.92 Å². The Kier molecular flexibility index (Phi) is 6.44. The third-order valence-electron chi connectivity index (χ3n) is 5.46. The highest BCUT2D eigenvalue weighted by molar-refractivity contribution is 5.81. The van der Waals surface area contributed by atoms with E-state index in [2.05, 4.69) is 28.6 Å². The highest BCUT2D eigenvalue weighted by atomic mass is 19.4. The molecule has 0 saturated heterocycles. The minimum atomic E-state index is -4.41. The fourth-order valence-corrected chi connectivity index (χ4v) is 3.61. The predicted molar refractivity (Wildman–Crippen MR) is 105 cm³/mol. The van der Waals surface area contributed by atoms with Gasteiger partial charge in [0.15, 0.2) is 0 Å². The number of ketones is 1. The van der Waals surface area contributed by atoms with E-state index in [4.69, 9.17) is 0 Å². The molecule has 0 N–H and O–H groups in total. The van der Waals surface area contributed by atoms with Gasteiger partial charge in [0, 0.05) is 31.7 Å². The average molecular weight is 407 g/mol. The van der Waals surface area contributed by atoms with E-state index < -0.39 is 11.7 Å². The molecule has 3 rings (SSSR count). The summed E-state index contributed by atoms with van der Waals surface area (Å²) in [6.45, 7) is 5.77. The zero-order chi connectivity index (χ0) is 21.2. The number of aromatic nitrogens is 3. The molecule has 1 saturated carbocycles. The molecule has 1 aromatic carbocycles. The van der Waals surface area contributed by atoms with Crippen LogP contribution >= 0.6 is 0 Å². The van der Waals surface area contributed by atoms with Gasteiger partial charge in [-0.2, -0.15) is 13.2 Å². The molecular weight excluding hydrogens is 379 g/mol. The van der Waals surface area contributed by atoms with Crippen LogP contribution in [0.3, 0.4) is 0 Å². The Bertz CT molecular complexity index is 867. The fourth-order valence-electron chi connectivity index (χ4n) is 3.61. The molecule has 0 unspecified atom stereocenters. The molecule has 4 nitrogen and oxygen atoms in total. The normalized spacial score (nSPS) is 14.6. The number of carbonyl (C=O) groups excluding carboxylic acids is 1. The van der Waals surface area contributed by atoms with Gasteiger partial charge in [-0.05, 0) is 49.3 Å². The van der Waals surface area contributed by atoms with Crippen LogP contribution in [0.15, 0.2) is 18.2 Å². The number of aryl methyl sites for hydroxylation is 2. The smallest absolute Gasteiger partial charge is 0.312 e. The summed E-state index contributed by atoms with van der Waals surface area (Å²) in [6.07, 6.45) is 0.460. The number of carbonyl (C=O) groups is 1. The second-order valence-electron chi connectivity index (χ2n) is 8.37. The zero-order valence-electron chi connectivity index (χ0n) is 17.2. The van der Waals surface area contributed by atoms with Crippen molar-refractivity contribution >= 4 is 5.78 Å². The molecule has 0 aliphatic heterocycles. The molecule has 0 spiro atoms. The molecule has 1 aromatic heterocycles. The van der Waals surface area contributed by atoms with Crippen molar-refractivity contribution < 1.29 is 18.0 Å². The van der Waals surface area contributed by atoms with Crippen LogP contribution in [0.1, 0.15) is 73.9 Å². The topological polar surface area (TPSA) is 47.8 Å². The van der Waals surface area contributed by atoms with Crippen LogP contribution in [-0.2, 0) is 30.2 Å². The predicted octanol–water partition coefficient (Wildman–Crippen LogP) is 5.27. The first kappa shape index (κ1) is 21.5. The molecular formula is C22H28F3N3O. The van der Waals surface area contributed by atoms with Gasteiger partial charge in [-0.1, -0.05) is 26.0 Å². The van der Waals surface area contributed by atoms with Crippen molar-refractivity contribution in [3.63, 3.8) is 0 Å². The van der Waals surface area contributed by atoms with Crippen LogP contribution in [0.25, 0.3) is 0 Å². The summed E-state index contributed by atoms with van der Waals surface area (Å²) in [7, 11) is 0. The summed E-state index contributed by atoms with van der Waals surface area (Å²) in [6, 6.07) is 4.45. The van der Waals surface area contributed by atoms with Crippen molar-refractivity contribution in [1.29, 1.82) is 0 Å². The molecule has 1 aliphatic rings. The van der Waals surface area contributed by atoms with Gasteiger partial charge in [-0.15, -0.1) is 10.2 Å². The molecule has 0 bridgehead atoms. The molecule has 2 aromatic rings. The monoisotopic (exact) mass is 407 g/mol. The summed E-state index contributed by atoms with van der Waals surface area (Å²) >= 11 is 0. The maximum Gasteiger partial charge on any atom is 0.416 e. The Morgan fingerprint density at radius 3 is 2.41 bits per heavy atom. The number of alkyl halides is 3. The van der Waals surface area contributed by atoms with Crippen LogP contribution in [0.2, 0.25) is 0 Å². The van der Waals surface area contributed by atoms with Crippen LogP contribution in [0.4, 0.5) is 13.2 Å². The SMILES string of the molecule is Cc1c(CC(=O)CCc2nnc(CCC(C)C)n2C2CC2)cccc1C(F)(F)F. The van der Waals surface area contributed by atoms with E-state index >= 15 is 0 Å². The van der Waals surface area contributed by atoms with Crippen LogP contribution in [0, 0.1) is 12.8 Å². The van der Waals surface area contributed by atoms with E-state index in [1.807, 2.05) is 0 Å². The first-order valence-corrected chi connectivity index (χ1v) is 10.3. The maximum absolute atomic E-state index is 13.1. The number of halogens is 3. The molecule has 7 heteroatoms. The summed E-state index contributed by atoms with van der Waals surface area (Å²) < 4.78 is 41.4. The van der Waals surface area contributed by atoms with Crippen molar-refractivity contribution in [2.75, 3.05) is 0 Å². The molecule has 1 fully saturated rings. The Morgan fingerprint density at radius 2 is 1.83 bits per heavy atom. The molecule has 29 heavy (non-hydrogen) atoms. The number of rotatable bonds is 9. The fraction of sp³-hybridized carbons (Fsp3) is 0.591. The van der Waals surface area contributed by atoms with E-state index in [1.165, 1.54) is 13.0 Å². The maximum atomic E-state index is 13.1. The minimum Gasteiger partial charge on any atom is -0.312 e. The third-order valence-corrected chi connectivity index (χ3v) is 5.46. The Hall–Kier alpha value is -2.18. The summed E-state index contributed by atoms with van der Waals surface area (Å²) in [5.41, 5.74) is -0.109. The van der Waals surface area contributed by atoms with Gasteiger partial charge in [-0.3, -0.25) is 4.79 Å². The number of benzene rings is 1. The highest BCUT2D eigenvalue weighted by Crippen LogP contribution is 2.37. The second kappa shape index (κ2) is 8.67. The van der Waals surface area contributed by atoms with Gasteiger partial charge in [0.2, 0.25) is 0 Å². The molecule has 1 aliphatic carbocycles. The Labute approximate surface area is 169 Å². The van der Waals surface area contributed by atoms with Gasteiger partial charge in [0.1, 0.15) is 17.4 Å². The van der Waals surface area contributed by atoms with Gasteiger partial charge >= 0.3 is 6.18 Å². The van der Waals surface area contributed by atoms with E-state index in [-0.39, 0.29) is 24.2 Å². The number of hydrogen-bond donors (Lipinski definition) is 0. The van der Waals surface area contributed by atoms with Crippen molar-refractivity contribution in [2.45, 2.75) is 77.9 Å². The van der Waals surface area contributed by atoms with Gasteiger partial charge in [-0.25, -0.2) is 0 Å². The van der Waals surface area contributed by atoms with E-state index in [0.29, 0.717) is 23.9 Å². The number of nitrogens with zero attached hydrogens (tertiary/aromatic N) is 3. The lowest BCUT2D eigenvalue weighted by atomic mass is 9.97.